The van der Waals surface area contributed by atoms with Crippen molar-refractivity contribution in [1.82, 2.24) is 9.47 Å². The Morgan fingerprint density at radius 3 is 2.70 bits per heavy atom. The number of amides is 1. The molecular formula is C23H23BrF3N3O3. The molecule has 1 aromatic carbocycles. The predicted molar refractivity (Wildman–Crippen MR) is 118 cm³/mol. The topological polar surface area (TPSA) is 78.5 Å². The number of aliphatic hydroxyl groups excluding tert-OH is 1. The molecule has 2 aromatic rings. The summed E-state index contributed by atoms with van der Waals surface area (Å²) >= 11 is 3.41. The van der Waals surface area contributed by atoms with E-state index in [1.54, 1.807) is 23.6 Å². The molecule has 0 radical (unpaired) electrons. The number of carbonyl (C=O) groups excluding carboxylic acids is 1. The van der Waals surface area contributed by atoms with Gasteiger partial charge >= 0.3 is 6.18 Å². The molecule has 10 heteroatoms. The minimum Gasteiger partial charge on any atom is -0.496 e. The van der Waals surface area contributed by atoms with Gasteiger partial charge in [-0.05, 0) is 65.5 Å². The van der Waals surface area contributed by atoms with Crippen LogP contribution < -0.4 is 4.74 Å². The number of β-amino-alcohol motifs (C(OH)–C–C–N with tert-alkyl or cyclic N) is 1. The van der Waals surface area contributed by atoms with Gasteiger partial charge in [-0.25, -0.2) is 0 Å². The third-order valence-corrected chi connectivity index (χ3v) is 7.04. The van der Waals surface area contributed by atoms with Gasteiger partial charge in [-0.1, -0.05) is 0 Å². The minimum atomic E-state index is -4.47. The molecule has 2 aliphatic heterocycles. The Labute approximate surface area is 197 Å². The second kappa shape index (κ2) is 8.06. The molecule has 3 atom stereocenters. The molecule has 1 fully saturated rings. The van der Waals surface area contributed by atoms with Crippen LogP contribution in [0.15, 0.2) is 22.7 Å². The van der Waals surface area contributed by atoms with Crippen LogP contribution in [-0.4, -0.2) is 52.0 Å². The van der Waals surface area contributed by atoms with E-state index < -0.39 is 30.1 Å². The van der Waals surface area contributed by atoms with Gasteiger partial charge in [-0.15, -0.1) is 0 Å². The van der Waals surface area contributed by atoms with Crippen molar-refractivity contribution in [2.45, 2.75) is 57.0 Å². The number of halogens is 4. The molecular weight excluding hydrogens is 503 g/mol. The number of hydrogen-bond donors (Lipinski definition) is 1. The van der Waals surface area contributed by atoms with Crippen LogP contribution >= 0.6 is 15.9 Å². The molecule has 1 saturated heterocycles. The van der Waals surface area contributed by atoms with Gasteiger partial charge in [0.25, 0.3) is 5.91 Å². The Morgan fingerprint density at radius 2 is 2.09 bits per heavy atom. The van der Waals surface area contributed by atoms with Gasteiger partial charge in [0, 0.05) is 24.6 Å². The number of hydrogen-bond acceptors (Lipinski definition) is 4. The first-order valence-electron chi connectivity index (χ1n) is 10.5. The number of nitriles is 1. The largest absolute Gasteiger partial charge is 0.496 e. The van der Waals surface area contributed by atoms with Crippen molar-refractivity contribution in [3.05, 3.63) is 39.5 Å². The van der Waals surface area contributed by atoms with Crippen LogP contribution in [0.1, 0.15) is 47.9 Å². The van der Waals surface area contributed by atoms with Crippen molar-refractivity contribution < 1.29 is 27.8 Å². The van der Waals surface area contributed by atoms with Crippen molar-refractivity contribution in [2.24, 2.45) is 0 Å². The lowest BCUT2D eigenvalue weighted by Gasteiger charge is -2.32. The number of methoxy groups -OCH3 is 1. The van der Waals surface area contributed by atoms with Gasteiger partial charge in [0.2, 0.25) is 0 Å². The monoisotopic (exact) mass is 525 g/mol. The molecule has 0 spiro atoms. The summed E-state index contributed by atoms with van der Waals surface area (Å²) in [5, 5.41) is 19.7. The van der Waals surface area contributed by atoms with Gasteiger partial charge in [0.1, 0.15) is 17.0 Å². The summed E-state index contributed by atoms with van der Waals surface area (Å²) in [4.78, 5) is 14.8. The molecule has 6 nitrogen and oxygen atoms in total. The third-order valence-electron chi connectivity index (χ3n) is 6.42. The maximum absolute atomic E-state index is 13.6. The lowest BCUT2D eigenvalue weighted by atomic mass is 9.92. The van der Waals surface area contributed by atoms with E-state index in [2.05, 4.69) is 22.0 Å². The van der Waals surface area contributed by atoms with Crippen LogP contribution in [-0.2, 0) is 12.8 Å². The van der Waals surface area contributed by atoms with Crippen LogP contribution in [0.4, 0.5) is 13.2 Å². The number of likely N-dealkylation sites (tertiary alicyclic amines) is 1. The average Bonchev–Trinajstić information content (AvgIpc) is 3.24. The highest BCUT2D eigenvalue weighted by molar-refractivity contribution is 9.10. The Balaban J connectivity index is 1.92. The maximum atomic E-state index is 13.6. The molecule has 0 saturated carbocycles. The fraction of sp³-hybridized carbons (Fsp3) is 0.478. The molecule has 0 unspecified atom stereocenters. The second-order valence-corrected chi connectivity index (χ2v) is 9.78. The Morgan fingerprint density at radius 1 is 1.39 bits per heavy atom. The van der Waals surface area contributed by atoms with E-state index in [1.807, 2.05) is 6.92 Å². The first-order chi connectivity index (χ1) is 15.4. The van der Waals surface area contributed by atoms with E-state index in [0.29, 0.717) is 27.9 Å². The third kappa shape index (κ3) is 4.02. The fourth-order valence-electron chi connectivity index (χ4n) is 5.00. The van der Waals surface area contributed by atoms with Gasteiger partial charge < -0.3 is 19.3 Å². The van der Waals surface area contributed by atoms with Crippen molar-refractivity contribution in [2.75, 3.05) is 13.7 Å². The van der Waals surface area contributed by atoms with Crippen molar-refractivity contribution >= 4 is 21.8 Å². The van der Waals surface area contributed by atoms with E-state index in [4.69, 9.17) is 4.74 Å². The SMILES string of the molecule is COc1cc2c(cc1Br)-c1c(CC(F)(F)F)cc(C(=O)N3C[C@@H](O)C[C@]3(C)C#N)n1[C@H](C)C2. The van der Waals surface area contributed by atoms with E-state index in [0.717, 1.165) is 5.56 Å². The highest BCUT2D eigenvalue weighted by Gasteiger charge is 2.46. The molecule has 0 bridgehead atoms. The number of aliphatic hydroxyl groups is 1. The summed E-state index contributed by atoms with van der Waals surface area (Å²) in [6.45, 7) is 3.35. The summed E-state index contributed by atoms with van der Waals surface area (Å²) in [7, 11) is 1.52. The molecule has 1 aromatic heterocycles. The van der Waals surface area contributed by atoms with Crippen LogP contribution in [0.2, 0.25) is 0 Å². The Bertz CT molecular complexity index is 1170. The smallest absolute Gasteiger partial charge is 0.393 e. The predicted octanol–water partition coefficient (Wildman–Crippen LogP) is 4.64. The lowest BCUT2D eigenvalue weighted by molar-refractivity contribution is -0.127. The van der Waals surface area contributed by atoms with Crippen molar-refractivity contribution in [3.8, 4) is 23.1 Å². The summed E-state index contributed by atoms with van der Waals surface area (Å²) in [6, 6.07) is 6.58. The van der Waals surface area contributed by atoms with Gasteiger partial charge in [0.15, 0.2) is 0 Å². The first kappa shape index (κ1) is 23.6. The number of carbonyl (C=O) groups is 1. The molecule has 176 valence electrons. The van der Waals surface area contributed by atoms with Crippen LogP contribution in [0, 0.1) is 11.3 Å². The quantitative estimate of drug-likeness (QED) is 0.633. The molecule has 1 amide bonds. The number of fused-ring (bicyclic) bond motifs is 3. The summed E-state index contributed by atoms with van der Waals surface area (Å²) in [5.74, 6) is 0.0126. The summed E-state index contributed by atoms with van der Waals surface area (Å²) in [6.07, 6.45) is -5.96. The fourth-order valence-corrected chi connectivity index (χ4v) is 5.51. The normalized spacial score (nSPS) is 24.3. The van der Waals surface area contributed by atoms with Crippen LogP contribution in [0.25, 0.3) is 11.3 Å². The molecule has 1 N–H and O–H groups in total. The molecule has 0 aliphatic carbocycles. The van der Waals surface area contributed by atoms with Gasteiger partial charge in [-0.3, -0.25) is 4.79 Å². The molecule has 2 aliphatic rings. The number of benzene rings is 1. The number of alkyl halides is 3. The highest BCUT2D eigenvalue weighted by Crippen LogP contribution is 2.45. The standard InChI is InChI=1S/C23H23BrF3N3O3/c1-12-4-13-6-19(33-3)17(24)7-16(13)20-14(8-23(25,26)27)5-18(30(12)20)21(32)29-10-15(31)9-22(29,2)11-28/h5-7,12,15,31H,4,8-10H2,1-3H3/t12-,15+,22-/m1/s1. The lowest BCUT2D eigenvalue weighted by Crippen LogP contribution is -2.45. The number of ether oxygens (including phenoxy) is 1. The number of nitrogens with zero attached hydrogens (tertiary/aromatic N) is 3. The highest BCUT2D eigenvalue weighted by atomic mass is 79.9. The number of aromatic nitrogens is 1. The van der Waals surface area contributed by atoms with Crippen molar-refractivity contribution in [3.63, 3.8) is 0 Å². The van der Waals surface area contributed by atoms with E-state index >= 15 is 0 Å². The average molecular weight is 526 g/mol. The zero-order chi connectivity index (χ0) is 24.3. The van der Waals surface area contributed by atoms with E-state index in [-0.39, 0.29) is 30.3 Å². The van der Waals surface area contributed by atoms with Crippen molar-refractivity contribution in [1.29, 1.82) is 5.26 Å². The van der Waals surface area contributed by atoms with Gasteiger partial charge in [0.05, 0.1) is 35.9 Å². The maximum Gasteiger partial charge on any atom is 0.393 e. The summed E-state index contributed by atoms with van der Waals surface area (Å²) in [5.41, 5.74) is 0.611. The van der Waals surface area contributed by atoms with E-state index in [9.17, 15) is 28.3 Å². The first-order valence-corrected chi connectivity index (χ1v) is 11.3. The van der Waals surface area contributed by atoms with Gasteiger partial charge in [-0.2, -0.15) is 18.4 Å². The molecule has 4 rings (SSSR count). The Kier molecular flexibility index (Phi) is 5.78. The van der Waals surface area contributed by atoms with Crippen LogP contribution in [0.5, 0.6) is 5.75 Å². The number of rotatable bonds is 3. The van der Waals surface area contributed by atoms with E-state index in [1.165, 1.54) is 18.1 Å². The van der Waals surface area contributed by atoms with Crippen LogP contribution in [0.3, 0.4) is 0 Å². The summed E-state index contributed by atoms with van der Waals surface area (Å²) < 4.78 is 48.1. The molecule has 33 heavy (non-hydrogen) atoms. The zero-order valence-electron chi connectivity index (χ0n) is 18.3. The zero-order valence-corrected chi connectivity index (χ0v) is 19.9. The Hall–Kier alpha value is -2.51. The minimum absolute atomic E-state index is 0.00544. The molecule has 3 heterocycles. The second-order valence-electron chi connectivity index (χ2n) is 8.92.